The van der Waals surface area contributed by atoms with Crippen molar-refractivity contribution in [2.75, 3.05) is 26.7 Å². The van der Waals surface area contributed by atoms with E-state index in [1.165, 1.54) is 4.90 Å². The zero-order valence-corrected chi connectivity index (χ0v) is 14.8. The van der Waals surface area contributed by atoms with Crippen molar-refractivity contribution in [3.05, 3.63) is 65.7 Å². The van der Waals surface area contributed by atoms with Gasteiger partial charge in [-0.15, -0.1) is 0 Å². The lowest BCUT2D eigenvalue weighted by atomic mass is 10.1. The van der Waals surface area contributed by atoms with E-state index in [4.69, 9.17) is 9.47 Å². The van der Waals surface area contributed by atoms with Gasteiger partial charge in [0, 0.05) is 25.2 Å². The molecule has 0 radical (unpaired) electrons. The van der Waals surface area contributed by atoms with E-state index in [1.54, 1.807) is 12.0 Å². The molecule has 0 atom stereocenters. The molecule has 0 aromatic heterocycles. The predicted molar refractivity (Wildman–Crippen MR) is 96.6 cm³/mol. The van der Waals surface area contributed by atoms with Crippen LogP contribution in [0.2, 0.25) is 0 Å². The number of carbonyl (C=O) groups excluding carboxylic acids is 2. The van der Waals surface area contributed by atoms with Gasteiger partial charge in [0.1, 0.15) is 18.9 Å². The topological polar surface area (TPSA) is 59.1 Å². The van der Waals surface area contributed by atoms with Crippen LogP contribution in [-0.4, -0.2) is 48.5 Å². The van der Waals surface area contributed by atoms with Crippen LogP contribution in [0.4, 0.5) is 4.79 Å². The molecule has 0 N–H and O–H groups in total. The highest BCUT2D eigenvalue weighted by Crippen LogP contribution is 2.20. The molecule has 136 valence electrons. The van der Waals surface area contributed by atoms with Gasteiger partial charge in [0.25, 0.3) is 0 Å². The fourth-order valence-corrected chi connectivity index (χ4v) is 2.88. The predicted octanol–water partition coefficient (Wildman–Crippen LogP) is 2.68. The maximum atomic E-state index is 12.4. The summed E-state index contributed by atoms with van der Waals surface area (Å²) in [4.78, 5) is 27.8. The van der Waals surface area contributed by atoms with Crippen molar-refractivity contribution < 1.29 is 19.1 Å². The van der Waals surface area contributed by atoms with Crippen LogP contribution in [0.15, 0.2) is 54.6 Å². The van der Waals surface area contributed by atoms with Gasteiger partial charge in [-0.05, 0) is 11.6 Å². The summed E-state index contributed by atoms with van der Waals surface area (Å²) in [5, 5.41) is 0. The number of hydrogen-bond acceptors (Lipinski definition) is 4. The van der Waals surface area contributed by atoms with Crippen LogP contribution in [0.25, 0.3) is 0 Å². The van der Waals surface area contributed by atoms with Crippen molar-refractivity contribution in [2.24, 2.45) is 0 Å². The van der Waals surface area contributed by atoms with Crippen molar-refractivity contribution in [3.8, 4) is 5.75 Å². The molecule has 1 fully saturated rings. The molecular formula is C20H22N2O4. The van der Waals surface area contributed by atoms with E-state index in [2.05, 4.69) is 0 Å². The normalized spacial score (nSPS) is 14.3. The lowest BCUT2D eigenvalue weighted by Gasteiger charge is -2.34. The lowest BCUT2D eigenvalue weighted by Crippen LogP contribution is -2.51. The van der Waals surface area contributed by atoms with Gasteiger partial charge in [-0.25, -0.2) is 4.79 Å². The zero-order chi connectivity index (χ0) is 18.4. The molecule has 1 saturated heterocycles. The van der Waals surface area contributed by atoms with Gasteiger partial charge in [-0.3, -0.25) is 9.69 Å². The van der Waals surface area contributed by atoms with E-state index in [1.807, 2.05) is 54.6 Å². The smallest absolute Gasteiger partial charge is 0.410 e. The van der Waals surface area contributed by atoms with Crippen LogP contribution in [-0.2, 0) is 22.7 Å². The highest BCUT2D eigenvalue weighted by Gasteiger charge is 2.28. The Morgan fingerprint density at radius 2 is 1.77 bits per heavy atom. The molecule has 0 aliphatic carbocycles. The van der Waals surface area contributed by atoms with Gasteiger partial charge in [-0.2, -0.15) is 0 Å². The van der Waals surface area contributed by atoms with E-state index in [0.717, 1.165) is 16.9 Å². The zero-order valence-electron chi connectivity index (χ0n) is 14.8. The summed E-state index contributed by atoms with van der Waals surface area (Å²) in [5.74, 6) is 0.656. The molecule has 26 heavy (non-hydrogen) atoms. The molecule has 1 aliphatic heterocycles. The summed E-state index contributed by atoms with van der Waals surface area (Å²) in [5.41, 5.74) is 1.87. The quantitative estimate of drug-likeness (QED) is 0.828. The largest absolute Gasteiger partial charge is 0.496 e. The van der Waals surface area contributed by atoms with Crippen LogP contribution >= 0.6 is 0 Å². The monoisotopic (exact) mass is 354 g/mol. The molecule has 6 heteroatoms. The van der Waals surface area contributed by atoms with E-state index < -0.39 is 6.09 Å². The highest BCUT2D eigenvalue weighted by atomic mass is 16.6. The summed E-state index contributed by atoms with van der Waals surface area (Å²) in [6.45, 7) is 1.62. The number of carbonyl (C=O) groups is 2. The number of para-hydroxylation sites is 1. The number of amides is 2. The third-order valence-electron chi connectivity index (χ3n) is 4.34. The van der Waals surface area contributed by atoms with E-state index in [0.29, 0.717) is 19.6 Å². The standard InChI is InChI=1S/C20H22N2O4/c1-25-18-10-6-5-9-17(18)13-21-11-12-22(14-19(21)23)20(24)26-15-16-7-3-2-4-8-16/h2-10H,11-15H2,1H3. The maximum absolute atomic E-state index is 12.4. The van der Waals surface area contributed by atoms with Gasteiger partial charge < -0.3 is 14.4 Å². The van der Waals surface area contributed by atoms with Crippen molar-refractivity contribution in [1.29, 1.82) is 0 Å². The summed E-state index contributed by atoms with van der Waals surface area (Å²) >= 11 is 0. The summed E-state index contributed by atoms with van der Waals surface area (Å²) in [6, 6.07) is 17.1. The molecule has 1 aliphatic rings. The van der Waals surface area contributed by atoms with Crippen LogP contribution in [0.5, 0.6) is 5.75 Å². The van der Waals surface area contributed by atoms with Crippen LogP contribution in [0, 0.1) is 0 Å². The van der Waals surface area contributed by atoms with Gasteiger partial charge in [-0.1, -0.05) is 48.5 Å². The van der Waals surface area contributed by atoms with Gasteiger partial charge in [0.05, 0.1) is 7.11 Å². The first-order valence-corrected chi connectivity index (χ1v) is 8.52. The second-order valence-corrected chi connectivity index (χ2v) is 6.09. The molecule has 6 nitrogen and oxygen atoms in total. The maximum Gasteiger partial charge on any atom is 0.410 e. The van der Waals surface area contributed by atoms with Gasteiger partial charge in [0.2, 0.25) is 5.91 Å². The molecule has 2 amide bonds. The molecule has 0 saturated carbocycles. The van der Waals surface area contributed by atoms with Crippen LogP contribution < -0.4 is 4.74 Å². The minimum absolute atomic E-state index is 0.0305. The Labute approximate surface area is 152 Å². The third-order valence-corrected chi connectivity index (χ3v) is 4.34. The molecule has 0 spiro atoms. The van der Waals surface area contributed by atoms with E-state index in [-0.39, 0.29) is 19.1 Å². The average molecular weight is 354 g/mol. The van der Waals surface area contributed by atoms with Crippen molar-refractivity contribution in [2.45, 2.75) is 13.2 Å². The first-order valence-electron chi connectivity index (χ1n) is 8.52. The Morgan fingerprint density at radius 1 is 1.04 bits per heavy atom. The Morgan fingerprint density at radius 3 is 2.50 bits per heavy atom. The van der Waals surface area contributed by atoms with Crippen molar-refractivity contribution in [1.82, 2.24) is 9.80 Å². The fraction of sp³-hybridized carbons (Fsp3) is 0.300. The fourth-order valence-electron chi connectivity index (χ4n) is 2.88. The second kappa shape index (κ2) is 8.38. The summed E-state index contributed by atoms with van der Waals surface area (Å²) < 4.78 is 10.6. The lowest BCUT2D eigenvalue weighted by molar-refractivity contribution is -0.136. The molecular weight excluding hydrogens is 332 g/mol. The van der Waals surface area contributed by atoms with Gasteiger partial charge >= 0.3 is 6.09 Å². The third kappa shape index (κ3) is 4.33. The average Bonchev–Trinajstić information content (AvgIpc) is 2.69. The summed E-state index contributed by atoms with van der Waals surface area (Å²) in [7, 11) is 1.61. The van der Waals surface area contributed by atoms with Gasteiger partial charge in [0.15, 0.2) is 0 Å². The van der Waals surface area contributed by atoms with Crippen LogP contribution in [0.3, 0.4) is 0 Å². The molecule has 0 unspecified atom stereocenters. The highest BCUT2D eigenvalue weighted by molar-refractivity contribution is 5.83. The molecule has 2 aromatic rings. The first kappa shape index (κ1) is 17.8. The van der Waals surface area contributed by atoms with E-state index >= 15 is 0 Å². The van der Waals surface area contributed by atoms with E-state index in [9.17, 15) is 9.59 Å². The first-order chi connectivity index (χ1) is 12.7. The number of methoxy groups -OCH3 is 1. The number of hydrogen-bond donors (Lipinski definition) is 0. The molecule has 3 rings (SSSR count). The minimum atomic E-state index is -0.459. The Kier molecular flexibility index (Phi) is 5.73. The van der Waals surface area contributed by atoms with Crippen molar-refractivity contribution in [3.63, 3.8) is 0 Å². The molecule has 0 bridgehead atoms. The number of ether oxygens (including phenoxy) is 2. The number of nitrogens with zero attached hydrogens (tertiary/aromatic N) is 2. The molecule has 2 aromatic carbocycles. The number of rotatable bonds is 5. The minimum Gasteiger partial charge on any atom is -0.496 e. The van der Waals surface area contributed by atoms with Crippen molar-refractivity contribution >= 4 is 12.0 Å². The number of benzene rings is 2. The SMILES string of the molecule is COc1ccccc1CN1CCN(C(=O)OCc2ccccc2)CC1=O. The Hall–Kier alpha value is -3.02. The Bertz CT molecular complexity index is 763. The Balaban J connectivity index is 1.53. The summed E-state index contributed by atoms with van der Waals surface area (Å²) in [6.07, 6.45) is -0.459. The number of piperazine rings is 1. The van der Waals surface area contributed by atoms with Crippen LogP contribution in [0.1, 0.15) is 11.1 Å². The second-order valence-electron chi connectivity index (χ2n) is 6.09. The molecule has 1 heterocycles.